The number of carbonyl (C=O) groups is 2. The molecule has 0 bridgehead atoms. The van der Waals surface area contributed by atoms with E-state index < -0.39 is 16.7 Å². The minimum Gasteiger partial charge on any atom is -0.497 e. The second kappa shape index (κ2) is 9.67. The van der Waals surface area contributed by atoms with Crippen LogP contribution in [0.15, 0.2) is 47.6 Å². The van der Waals surface area contributed by atoms with Gasteiger partial charge in [0.05, 0.1) is 31.9 Å². The van der Waals surface area contributed by atoms with Gasteiger partial charge < -0.3 is 14.8 Å². The summed E-state index contributed by atoms with van der Waals surface area (Å²) in [6.45, 7) is -0.313. The van der Waals surface area contributed by atoms with Crippen LogP contribution >= 0.6 is 0 Å². The maximum absolute atomic E-state index is 11.9. The van der Waals surface area contributed by atoms with E-state index in [1.54, 1.807) is 18.2 Å². The summed E-state index contributed by atoms with van der Waals surface area (Å²) in [5.41, 5.74) is 2.98. The van der Waals surface area contributed by atoms with Crippen LogP contribution in [0.2, 0.25) is 0 Å². The number of carbonyl (C=O) groups excluding carboxylic acids is 2. The van der Waals surface area contributed by atoms with Gasteiger partial charge in [-0.15, -0.1) is 0 Å². The Bertz CT molecular complexity index is 895. The number of nitrogens with one attached hydrogen (secondary N) is 2. The van der Waals surface area contributed by atoms with Gasteiger partial charge in [-0.25, -0.2) is 5.43 Å². The molecule has 146 valence electrons. The second-order valence-electron chi connectivity index (χ2n) is 5.39. The summed E-state index contributed by atoms with van der Waals surface area (Å²) < 4.78 is 10.3. The number of hydrogen-bond acceptors (Lipinski definition) is 7. The number of amides is 2. The van der Waals surface area contributed by atoms with Crippen LogP contribution in [0.4, 0.5) is 5.69 Å². The highest BCUT2D eigenvalue weighted by Crippen LogP contribution is 2.22. The van der Waals surface area contributed by atoms with Gasteiger partial charge in [0.2, 0.25) is 0 Å². The Kier molecular flexibility index (Phi) is 7.03. The zero-order chi connectivity index (χ0) is 20.5. The number of nitro groups is 1. The average molecular weight is 386 g/mol. The molecule has 10 heteroatoms. The third-order valence-electron chi connectivity index (χ3n) is 3.58. The van der Waals surface area contributed by atoms with Crippen molar-refractivity contribution in [1.82, 2.24) is 10.7 Å². The van der Waals surface area contributed by atoms with Crippen LogP contribution in [0.25, 0.3) is 0 Å². The maximum Gasteiger partial charge on any atom is 0.269 e. The fourth-order valence-electron chi connectivity index (χ4n) is 2.14. The lowest BCUT2D eigenvalue weighted by molar-refractivity contribution is -0.384. The Morgan fingerprint density at radius 2 is 1.86 bits per heavy atom. The van der Waals surface area contributed by atoms with Gasteiger partial charge in [0.25, 0.3) is 17.5 Å². The van der Waals surface area contributed by atoms with Crippen LogP contribution in [0.1, 0.15) is 15.9 Å². The van der Waals surface area contributed by atoms with Crippen LogP contribution < -0.4 is 20.2 Å². The zero-order valence-electron chi connectivity index (χ0n) is 15.2. The minimum atomic E-state index is -0.565. The first-order valence-electron chi connectivity index (χ1n) is 8.01. The first kappa shape index (κ1) is 20.4. The molecule has 0 fully saturated rings. The predicted molar refractivity (Wildman–Crippen MR) is 101 cm³/mol. The van der Waals surface area contributed by atoms with E-state index in [0.717, 1.165) is 0 Å². The van der Waals surface area contributed by atoms with E-state index in [0.29, 0.717) is 17.1 Å². The lowest BCUT2D eigenvalue weighted by atomic mass is 10.2. The van der Waals surface area contributed by atoms with E-state index in [1.165, 1.54) is 44.7 Å². The monoisotopic (exact) mass is 386 g/mol. The standard InChI is InChI=1S/C18H18N4O6/c1-27-15-8-5-13(16(9-15)28-2)10-20-21-17(23)11-19-18(24)12-3-6-14(7-4-12)22(25)26/h3-10H,11H2,1-2H3,(H,19,24)(H,21,23)/b20-10+. The molecule has 0 radical (unpaired) electrons. The fraction of sp³-hybridized carbons (Fsp3) is 0.167. The number of benzene rings is 2. The summed E-state index contributed by atoms with van der Waals surface area (Å²) >= 11 is 0. The normalized spacial score (nSPS) is 10.4. The highest BCUT2D eigenvalue weighted by molar-refractivity contribution is 5.96. The lowest BCUT2D eigenvalue weighted by Gasteiger charge is -2.07. The molecule has 0 atom stereocenters. The summed E-state index contributed by atoms with van der Waals surface area (Å²) in [5.74, 6) is 0.0562. The molecule has 0 heterocycles. The molecule has 2 aromatic rings. The van der Waals surface area contributed by atoms with E-state index >= 15 is 0 Å². The maximum atomic E-state index is 11.9. The highest BCUT2D eigenvalue weighted by Gasteiger charge is 2.10. The predicted octanol–water partition coefficient (Wildman–Crippen LogP) is 1.49. The van der Waals surface area contributed by atoms with Gasteiger partial charge in [-0.05, 0) is 24.3 Å². The first-order valence-corrected chi connectivity index (χ1v) is 8.01. The van der Waals surface area contributed by atoms with Gasteiger partial charge in [-0.1, -0.05) is 0 Å². The quantitative estimate of drug-likeness (QED) is 0.401. The van der Waals surface area contributed by atoms with Crippen molar-refractivity contribution in [3.8, 4) is 11.5 Å². The summed E-state index contributed by atoms with van der Waals surface area (Å²) in [7, 11) is 3.03. The molecule has 0 spiro atoms. The molecular formula is C18H18N4O6. The van der Waals surface area contributed by atoms with Gasteiger partial charge in [0, 0.05) is 29.3 Å². The molecule has 0 saturated heterocycles. The Balaban J connectivity index is 1.86. The Morgan fingerprint density at radius 1 is 1.14 bits per heavy atom. The molecule has 10 nitrogen and oxygen atoms in total. The molecule has 0 aliphatic heterocycles. The van der Waals surface area contributed by atoms with Gasteiger partial charge in [0.15, 0.2) is 0 Å². The molecule has 2 N–H and O–H groups in total. The Hall–Kier alpha value is -3.95. The molecule has 0 aliphatic rings. The first-order chi connectivity index (χ1) is 13.4. The van der Waals surface area contributed by atoms with Crippen molar-refractivity contribution in [2.24, 2.45) is 5.10 Å². The molecule has 0 saturated carbocycles. The van der Waals surface area contributed by atoms with Crippen LogP contribution in [-0.2, 0) is 4.79 Å². The molecule has 0 unspecified atom stereocenters. The van der Waals surface area contributed by atoms with E-state index in [4.69, 9.17) is 9.47 Å². The summed E-state index contributed by atoms with van der Waals surface area (Å²) in [6.07, 6.45) is 1.40. The second-order valence-corrected chi connectivity index (χ2v) is 5.39. The topological polar surface area (TPSA) is 132 Å². The van der Waals surface area contributed by atoms with Crippen molar-refractivity contribution >= 4 is 23.7 Å². The lowest BCUT2D eigenvalue weighted by Crippen LogP contribution is -2.34. The highest BCUT2D eigenvalue weighted by atomic mass is 16.6. The van der Waals surface area contributed by atoms with E-state index in [1.807, 2.05) is 0 Å². The summed E-state index contributed by atoms with van der Waals surface area (Å²) in [5, 5.41) is 16.8. The van der Waals surface area contributed by atoms with Crippen molar-refractivity contribution in [2.45, 2.75) is 0 Å². The fourth-order valence-corrected chi connectivity index (χ4v) is 2.14. The molecule has 2 aromatic carbocycles. The van der Waals surface area contributed by atoms with E-state index in [-0.39, 0.29) is 17.8 Å². The minimum absolute atomic E-state index is 0.127. The Labute approximate surface area is 160 Å². The van der Waals surface area contributed by atoms with Gasteiger partial charge in [-0.3, -0.25) is 19.7 Å². The van der Waals surface area contributed by atoms with Crippen LogP contribution in [0.5, 0.6) is 11.5 Å². The number of nitrogens with zero attached hydrogens (tertiary/aromatic N) is 2. The van der Waals surface area contributed by atoms with Crippen molar-refractivity contribution in [3.63, 3.8) is 0 Å². The van der Waals surface area contributed by atoms with Crippen LogP contribution in [-0.4, -0.2) is 43.7 Å². The van der Waals surface area contributed by atoms with Gasteiger partial charge in [-0.2, -0.15) is 5.10 Å². The SMILES string of the molecule is COc1ccc(/C=N/NC(=O)CNC(=O)c2ccc([N+](=O)[O-])cc2)c(OC)c1. The third kappa shape index (κ3) is 5.53. The third-order valence-corrected chi connectivity index (χ3v) is 3.58. The van der Waals surface area contributed by atoms with Gasteiger partial charge in [0.1, 0.15) is 11.5 Å². The zero-order valence-corrected chi connectivity index (χ0v) is 15.2. The van der Waals surface area contributed by atoms with Crippen LogP contribution in [0, 0.1) is 10.1 Å². The largest absolute Gasteiger partial charge is 0.497 e. The smallest absolute Gasteiger partial charge is 0.269 e. The molecule has 0 aliphatic carbocycles. The van der Waals surface area contributed by atoms with Crippen molar-refractivity contribution in [3.05, 3.63) is 63.7 Å². The number of ether oxygens (including phenoxy) is 2. The van der Waals surface area contributed by atoms with Crippen molar-refractivity contribution in [1.29, 1.82) is 0 Å². The molecule has 0 aromatic heterocycles. The number of hydrazone groups is 1. The number of non-ortho nitro benzene ring substituents is 1. The summed E-state index contributed by atoms with van der Waals surface area (Å²) in [6, 6.07) is 10.1. The molecule has 28 heavy (non-hydrogen) atoms. The molecule has 2 rings (SSSR count). The number of nitro benzene ring substituents is 1. The number of hydrogen-bond donors (Lipinski definition) is 2. The molecule has 2 amide bonds. The van der Waals surface area contributed by atoms with Crippen molar-refractivity contribution < 1.29 is 24.0 Å². The Morgan fingerprint density at radius 3 is 2.46 bits per heavy atom. The van der Waals surface area contributed by atoms with Crippen molar-refractivity contribution in [2.75, 3.05) is 20.8 Å². The van der Waals surface area contributed by atoms with E-state index in [9.17, 15) is 19.7 Å². The average Bonchev–Trinajstić information content (AvgIpc) is 2.72. The van der Waals surface area contributed by atoms with E-state index in [2.05, 4.69) is 15.8 Å². The summed E-state index contributed by atoms with van der Waals surface area (Å²) in [4.78, 5) is 33.8. The van der Waals surface area contributed by atoms with Gasteiger partial charge >= 0.3 is 0 Å². The molecular weight excluding hydrogens is 368 g/mol. The number of rotatable bonds is 8. The number of methoxy groups -OCH3 is 2. The van der Waals surface area contributed by atoms with Crippen LogP contribution in [0.3, 0.4) is 0 Å².